The molecule has 0 aliphatic rings. The van der Waals surface area contributed by atoms with E-state index in [2.05, 4.69) is 4.74 Å². The standard InChI is InChI=1S/C8H16O4/c1-7(8(9)11-3)6-12-5-4-10-2/h7H,4-6H2,1-3H3. The Labute approximate surface area is 72.8 Å². The molecule has 72 valence electrons. The molecule has 0 bridgehead atoms. The first-order valence-corrected chi connectivity index (χ1v) is 3.87. The van der Waals surface area contributed by atoms with E-state index in [4.69, 9.17) is 9.47 Å². The molecule has 1 unspecified atom stereocenters. The minimum Gasteiger partial charge on any atom is -0.469 e. The van der Waals surface area contributed by atoms with E-state index >= 15 is 0 Å². The fourth-order valence-electron chi connectivity index (χ4n) is 0.672. The lowest BCUT2D eigenvalue weighted by Crippen LogP contribution is -2.19. The molecule has 0 aromatic carbocycles. The average molecular weight is 176 g/mol. The van der Waals surface area contributed by atoms with Crippen molar-refractivity contribution in [2.45, 2.75) is 6.92 Å². The molecular formula is C8H16O4. The molecule has 0 aliphatic carbocycles. The first-order valence-electron chi connectivity index (χ1n) is 3.87. The van der Waals surface area contributed by atoms with E-state index in [1.165, 1.54) is 7.11 Å². The summed E-state index contributed by atoms with van der Waals surface area (Å²) in [6, 6.07) is 0. The first kappa shape index (κ1) is 11.4. The number of carbonyl (C=O) groups is 1. The van der Waals surface area contributed by atoms with Crippen molar-refractivity contribution in [3.05, 3.63) is 0 Å². The quantitative estimate of drug-likeness (QED) is 0.435. The lowest BCUT2D eigenvalue weighted by atomic mass is 10.2. The zero-order valence-corrected chi connectivity index (χ0v) is 7.83. The minimum absolute atomic E-state index is 0.202. The summed E-state index contributed by atoms with van der Waals surface area (Å²) in [5, 5.41) is 0. The van der Waals surface area contributed by atoms with Crippen LogP contribution in [-0.4, -0.2) is 40.0 Å². The van der Waals surface area contributed by atoms with Gasteiger partial charge in [0.05, 0.1) is 32.8 Å². The molecule has 0 N–H and O–H groups in total. The summed E-state index contributed by atoms with van der Waals surface area (Å²) >= 11 is 0. The third kappa shape index (κ3) is 5.09. The van der Waals surface area contributed by atoms with Gasteiger partial charge in [0.1, 0.15) is 0 Å². The molecule has 0 spiro atoms. The van der Waals surface area contributed by atoms with Crippen molar-refractivity contribution in [3.8, 4) is 0 Å². The third-order valence-electron chi connectivity index (χ3n) is 1.40. The largest absolute Gasteiger partial charge is 0.469 e. The number of rotatable bonds is 6. The van der Waals surface area contributed by atoms with Gasteiger partial charge in [-0.3, -0.25) is 4.79 Å². The highest BCUT2D eigenvalue weighted by Crippen LogP contribution is 1.97. The number of esters is 1. The topological polar surface area (TPSA) is 44.8 Å². The highest BCUT2D eigenvalue weighted by atomic mass is 16.5. The maximum atomic E-state index is 10.8. The average Bonchev–Trinajstić information content (AvgIpc) is 2.10. The van der Waals surface area contributed by atoms with Crippen LogP contribution in [0.25, 0.3) is 0 Å². The Morgan fingerprint density at radius 3 is 2.50 bits per heavy atom. The molecule has 0 heterocycles. The van der Waals surface area contributed by atoms with Crippen LogP contribution in [0.5, 0.6) is 0 Å². The van der Waals surface area contributed by atoms with Gasteiger partial charge >= 0.3 is 5.97 Å². The van der Waals surface area contributed by atoms with Crippen molar-refractivity contribution in [1.82, 2.24) is 0 Å². The second kappa shape index (κ2) is 7.06. The van der Waals surface area contributed by atoms with Crippen LogP contribution in [0.4, 0.5) is 0 Å². The smallest absolute Gasteiger partial charge is 0.310 e. The zero-order chi connectivity index (χ0) is 9.40. The molecule has 0 aromatic rings. The van der Waals surface area contributed by atoms with Gasteiger partial charge in [0.2, 0.25) is 0 Å². The Morgan fingerprint density at radius 2 is 2.00 bits per heavy atom. The predicted octanol–water partition coefficient (Wildman–Crippen LogP) is 0.458. The monoisotopic (exact) mass is 176 g/mol. The fourth-order valence-corrected chi connectivity index (χ4v) is 0.672. The maximum absolute atomic E-state index is 10.8. The second-order valence-electron chi connectivity index (χ2n) is 2.49. The molecular weight excluding hydrogens is 160 g/mol. The first-order chi connectivity index (χ1) is 5.72. The summed E-state index contributed by atoms with van der Waals surface area (Å²) in [6.07, 6.45) is 0. The Morgan fingerprint density at radius 1 is 1.33 bits per heavy atom. The van der Waals surface area contributed by atoms with Crippen LogP contribution < -0.4 is 0 Å². The fraction of sp³-hybridized carbons (Fsp3) is 0.875. The van der Waals surface area contributed by atoms with Crippen molar-refractivity contribution in [1.29, 1.82) is 0 Å². The molecule has 0 fully saturated rings. The Balaban J connectivity index is 3.31. The van der Waals surface area contributed by atoms with E-state index in [1.807, 2.05) is 0 Å². The summed E-state index contributed by atoms with van der Waals surface area (Å²) in [5.41, 5.74) is 0. The zero-order valence-electron chi connectivity index (χ0n) is 7.83. The van der Waals surface area contributed by atoms with Crippen molar-refractivity contribution < 1.29 is 19.0 Å². The second-order valence-corrected chi connectivity index (χ2v) is 2.49. The molecule has 0 saturated heterocycles. The van der Waals surface area contributed by atoms with Crippen LogP contribution in [0.2, 0.25) is 0 Å². The number of hydrogen-bond donors (Lipinski definition) is 0. The van der Waals surface area contributed by atoms with Gasteiger partial charge in [-0.1, -0.05) is 0 Å². The number of hydrogen-bond acceptors (Lipinski definition) is 4. The summed E-state index contributed by atoms with van der Waals surface area (Å²) in [4.78, 5) is 10.8. The van der Waals surface area contributed by atoms with Gasteiger partial charge in [-0.25, -0.2) is 0 Å². The van der Waals surface area contributed by atoms with E-state index in [0.717, 1.165) is 0 Å². The lowest BCUT2D eigenvalue weighted by Gasteiger charge is -2.08. The summed E-state index contributed by atoms with van der Waals surface area (Å²) < 4.78 is 14.4. The normalized spacial score (nSPS) is 12.6. The number of carbonyl (C=O) groups excluding carboxylic acids is 1. The molecule has 1 atom stereocenters. The van der Waals surface area contributed by atoms with Gasteiger partial charge in [0.25, 0.3) is 0 Å². The molecule has 0 amide bonds. The molecule has 4 heteroatoms. The molecule has 4 nitrogen and oxygen atoms in total. The summed E-state index contributed by atoms with van der Waals surface area (Å²) in [7, 11) is 2.97. The molecule has 0 rings (SSSR count). The van der Waals surface area contributed by atoms with Gasteiger partial charge < -0.3 is 14.2 Å². The van der Waals surface area contributed by atoms with E-state index in [-0.39, 0.29) is 11.9 Å². The maximum Gasteiger partial charge on any atom is 0.310 e. The SMILES string of the molecule is COCCOCC(C)C(=O)OC. The van der Waals surface area contributed by atoms with E-state index in [0.29, 0.717) is 19.8 Å². The number of ether oxygens (including phenoxy) is 3. The van der Waals surface area contributed by atoms with Crippen molar-refractivity contribution in [3.63, 3.8) is 0 Å². The number of methoxy groups -OCH3 is 2. The van der Waals surface area contributed by atoms with Gasteiger partial charge in [-0.2, -0.15) is 0 Å². The van der Waals surface area contributed by atoms with Crippen LogP contribution >= 0.6 is 0 Å². The van der Waals surface area contributed by atoms with Crippen molar-refractivity contribution >= 4 is 5.97 Å². The lowest BCUT2D eigenvalue weighted by molar-refractivity contribution is -0.147. The van der Waals surface area contributed by atoms with Crippen LogP contribution in [0.15, 0.2) is 0 Å². The predicted molar refractivity (Wildman–Crippen MR) is 43.9 cm³/mol. The molecule has 0 aliphatic heterocycles. The van der Waals surface area contributed by atoms with E-state index in [1.54, 1.807) is 14.0 Å². The van der Waals surface area contributed by atoms with E-state index in [9.17, 15) is 4.79 Å². The third-order valence-corrected chi connectivity index (χ3v) is 1.40. The molecule has 0 radical (unpaired) electrons. The Kier molecular flexibility index (Phi) is 6.70. The van der Waals surface area contributed by atoms with Gasteiger partial charge in [0, 0.05) is 7.11 Å². The van der Waals surface area contributed by atoms with Gasteiger partial charge in [0.15, 0.2) is 0 Å². The van der Waals surface area contributed by atoms with Gasteiger partial charge in [-0.05, 0) is 6.92 Å². The van der Waals surface area contributed by atoms with Crippen LogP contribution in [-0.2, 0) is 19.0 Å². The van der Waals surface area contributed by atoms with Crippen molar-refractivity contribution in [2.75, 3.05) is 34.0 Å². The summed E-state index contributed by atoms with van der Waals surface area (Å²) in [5.74, 6) is -0.445. The minimum atomic E-state index is -0.243. The van der Waals surface area contributed by atoms with Crippen molar-refractivity contribution in [2.24, 2.45) is 5.92 Å². The Bertz CT molecular complexity index is 124. The Hall–Kier alpha value is -0.610. The van der Waals surface area contributed by atoms with Crippen LogP contribution in [0, 0.1) is 5.92 Å². The molecule has 0 aromatic heterocycles. The van der Waals surface area contributed by atoms with Crippen LogP contribution in [0.1, 0.15) is 6.92 Å². The van der Waals surface area contributed by atoms with Crippen LogP contribution in [0.3, 0.4) is 0 Å². The summed E-state index contributed by atoms with van der Waals surface area (Å²) in [6.45, 7) is 3.21. The highest BCUT2D eigenvalue weighted by Gasteiger charge is 2.12. The molecule has 12 heavy (non-hydrogen) atoms. The van der Waals surface area contributed by atoms with E-state index < -0.39 is 0 Å². The van der Waals surface area contributed by atoms with Gasteiger partial charge in [-0.15, -0.1) is 0 Å². The molecule has 0 saturated carbocycles. The highest BCUT2D eigenvalue weighted by molar-refractivity contribution is 5.71.